The van der Waals surface area contributed by atoms with Crippen LogP contribution in [-0.4, -0.2) is 20.1 Å². The number of anilines is 1. The van der Waals surface area contributed by atoms with Crippen molar-refractivity contribution < 1.29 is 0 Å². The van der Waals surface area contributed by atoms with Crippen molar-refractivity contribution in [2.45, 2.75) is 45.6 Å². The van der Waals surface area contributed by atoms with Gasteiger partial charge in [0.2, 0.25) is 0 Å². The Kier molecular flexibility index (Phi) is 15.2. The number of hydrogen-bond acceptors (Lipinski definition) is 4. The Morgan fingerprint density at radius 3 is 1.75 bits per heavy atom. The first kappa shape index (κ1) is 21.2. The predicted molar refractivity (Wildman–Crippen MR) is 91.4 cm³/mol. The van der Waals surface area contributed by atoms with Gasteiger partial charge in [0, 0.05) is 11.7 Å². The van der Waals surface area contributed by atoms with E-state index in [4.69, 9.17) is 11.5 Å². The van der Waals surface area contributed by atoms with Crippen molar-refractivity contribution in [3.8, 4) is 0 Å². The van der Waals surface area contributed by atoms with Crippen LogP contribution in [-0.2, 0) is 0 Å². The van der Waals surface area contributed by atoms with Crippen molar-refractivity contribution in [2.75, 3.05) is 19.8 Å². The summed E-state index contributed by atoms with van der Waals surface area (Å²) in [5, 5.41) is 0. The average Bonchev–Trinajstić information content (AvgIpc) is 2.50. The molecule has 0 saturated heterocycles. The van der Waals surface area contributed by atoms with Crippen LogP contribution in [0, 0.1) is 12.8 Å². The number of para-hydroxylation sites is 1. The van der Waals surface area contributed by atoms with Crippen LogP contribution < -0.4 is 22.9 Å². The number of benzene rings is 1. The van der Waals surface area contributed by atoms with Crippen LogP contribution in [0.5, 0.6) is 0 Å². The van der Waals surface area contributed by atoms with Gasteiger partial charge in [0.25, 0.3) is 0 Å². The minimum Gasteiger partial charge on any atom is -0.399 e. The Balaban J connectivity index is 0. The van der Waals surface area contributed by atoms with Crippen molar-refractivity contribution in [1.29, 1.82) is 0 Å². The molecule has 1 aliphatic rings. The van der Waals surface area contributed by atoms with Crippen molar-refractivity contribution in [3.05, 3.63) is 29.8 Å². The maximum atomic E-state index is 5.78. The van der Waals surface area contributed by atoms with E-state index in [1.807, 2.05) is 31.2 Å². The summed E-state index contributed by atoms with van der Waals surface area (Å²) >= 11 is 0. The largest absolute Gasteiger partial charge is 0.399 e. The predicted octanol–water partition coefficient (Wildman–Crippen LogP) is 2.25. The summed E-state index contributed by atoms with van der Waals surface area (Å²) < 4.78 is 0. The molecule has 0 radical (unpaired) electrons. The van der Waals surface area contributed by atoms with Gasteiger partial charge in [-0.25, -0.2) is 0 Å². The van der Waals surface area contributed by atoms with Gasteiger partial charge in [-0.15, -0.1) is 0 Å². The fourth-order valence-electron chi connectivity index (χ4n) is 1.93. The number of nitrogen functional groups attached to an aromatic ring is 1. The quantitative estimate of drug-likeness (QED) is 0.548. The van der Waals surface area contributed by atoms with E-state index in [0.717, 1.165) is 17.2 Å². The second kappa shape index (κ2) is 14.3. The monoisotopic (exact) mass is 282 g/mol. The Hall–Kier alpha value is -1.10. The second-order valence-electron chi connectivity index (χ2n) is 4.78. The van der Waals surface area contributed by atoms with E-state index < -0.39 is 0 Å². The number of nitrogens with two attached hydrogens (primary N) is 4. The molecule has 0 bridgehead atoms. The molecule has 1 saturated carbocycles. The van der Waals surface area contributed by atoms with E-state index in [1.165, 1.54) is 39.8 Å². The van der Waals surface area contributed by atoms with Crippen LogP contribution in [0.3, 0.4) is 0 Å². The summed E-state index contributed by atoms with van der Waals surface area (Å²) in [4.78, 5) is 0. The van der Waals surface area contributed by atoms with Crippen LogP contribution in [0.15, 0.2) is 24.3 Å². The summed E-state index contributed by atoms with van der Waals surface area (Å²) in [6.07, 6.45) is 5.35. The first-order valence-electron chi connectivity index (χ1n) is 7.33. The van der Waals surface area contributed by atoms with Gasteiger partial charge >= 0.3 is 0 Å². The van der Waals surface area contributed by atoms with Gasteiger partial charge in [0.1, 0.15) is 0 Å². The Morgan fingerprint density at radius 1 is 0.950 bits per heavy atom. The molecule has 0 spiro atoms. The van der Waals surface area contributed by atoms with Crippen molar-refractivity contribution in [2.24, 2.45) is 23.1 Å². The summed E-state index contributed by atoms with van der Waals surface area (Å²) in [7, 11) is 3.00. The SMILES string of the molecule is CC1CCCCC1N.CN.CN.Cc1ccccc1N. The molecule has 118 valence electrons. The van der Waals surface area contributed by atoms with E-state index >= 15 is 0 Å². The van der Waals surface area contributed by atoms with Gasteiger partial charge in [-0.1, -0.05) is 38.0 Å². The minimum atomic E-state index is 0.503. The molecule has 20 heavy (non-hydrogen) atoms. The summed E-state index contributed by atoms with van der Waals surface area (Å²) in [6, 6.07) is 8.31. The van der Waals surface area contributed by atoms with Crippen molar-refractivity contribution >= 4 is 5.69 Å². The fourth-order valence-corrected chi connectivity index (χ4v) is 1.93. The first-order chi connectivity index (χ1) is 9.61. The lowest BCUT2D eigenvalue weighted by Crippen LogP contribution is -2.30. The standard InChI is InChI=1S/C7H15N.C7H9N.2CH5N/c2*1-6-4-2-3-5-7(6)8;2*1-2/h6-7H,2-5,8H2,1H3;2-5H,8H2,1H3;2*2H2,1H3. The maximum absolute atomic E-state index is 5.78. The summed E-state index contributed by atoms with van der Waals surface area (Å²) in [6.45, 7) is 4.25. The van der Waals surface area contributed by atoms with Gasteiger partial charge in [0.05, 0.1) is 0 Å². The van der Waals surface area contributed by atoms with Crippen LogP contribution in [0.4, 0.5) is 5.69 Å². The average molecular weight is 282 g/mol. The lowest BCUT2D eigenvalue weighted by Gasteiger charge is -2.24. The third-order valence-electron chi connectivity index (χ3n) is 3.37. The molecule has 1 aromatic carbocycles. The number of aryl methyl sites for hydroxylation is 1. The third kappa shape index (κ3) is 9.78. The molecule has 8 N–H and O–H groups in total. The first-order valence-corrected chi connectivity index (χ1v) is 7.33. The van der Waals surface area contributed by atoms with E-state index in [-0.39, 0.29) is 0 Å². The van der Waals surface area contributed by atoms with Gasteiger partial charge in [0.15, 0.2) is 0 Å². The lowest BCUT2D eigenvalue weighted by atomic mass is 9.87. The van der Waals surface area contributed by atoms with Crippen LogP contribution in [0.2, 0.25) is 0 Å². The normalized spacial score (nSPS) is 20.1. The van der Waals surface area contributed by atoms with Crippen LogP contribution in [0.1, 0.15) is 38.2 Å². The van der Waals surface area contributed by atoms with Gasteiger partial charge in [-0.2, -0.15) is 0 Å². The molecule has 0 aliphatic heterocycles. The third-order valence-corrected chi connectivity index (χ3v) is 3.37. The van der Waals surface area contributed by atoms with E-state index in [1.54, 1.807) is 0 Å². The minimum absolute atomic E-state index is 0.503. The summed E-state index contributed by atoms with van der Waals surface area (Å²) in [5.41, 5.74) is 22.3. The molecular formula is C16H34N4. The zero-order valence-electron chi connectivity index (χ0n) is 13.6. The molecular weight excluding hydrogens is 248 g/mol. The van der Waals surface area contributed by atoms with Gasteiger partial charge < -0.3 is 22.9 Å². The molecule has 1 aliphatic carbocycles. The molecule has 2 rings (SSSR count). The van der Waals surface area contributed by atoms with Crippen LogP contribution in [0.25, 0.3) is 0 Å². The van der Waals surface area contributed by atoms with Crippen LogP contribution >= 0.6 is 0 Å². The van der Waals surface area contributed by atoms with E-state index in [2.05, 4.69) is 18.4 Å². The fraction of sp³-hybridized carbons (Fsp3) is 0.625. The zero-order valence-corrected chi connectivity index (χ0v) is 13.6. The van der Waals surface area contributed by atoms with E-state index in [9.17, 15) is 0 Å². The molecule has 4 nitrogen and oxygen atoms in total. The highest BCUT2D eigenvalue weighted by molar-refractivity contribution is 5.44. The van der Waals surface area contributed by atoms with Gasteiger partial charge in [-0.3, -0.25) is 0 Å². The number of rotatable bonds is 0. The topological polar surface area (TPSA) is 104 Å². The molecule has 2 atom stereocenters. The molecule has 1 fully saturated rings. The highest BCUT2D eigenvalue weighted by Gasteiger charge is 2.15. The summed E-state index contributed by atoms with van der Waals surface area (Å²) in [5.74, 6) is 0.781. The Labute approximate surface area is 124 Å². The highest BCUT2D eigenvalue weighted by atomic mass is 14.6. The smallest absolute Gasteiger partial charge is 0.0343 e. The molecule has 0 aromatic heterocycles. The molecule has 4 heteroatoms. The maximum Gasteiger partial charge on any atom is 0.0343 e. The zero-order chi connectivity index (χ0) is 16.0. The second-order valence-corrected chi connectivity index (χ2v) is 4.78. The highest BCUT2D eigenvalue weighted by Crippen LogP contribution is 2.21. The Morgan fingerprint density at radius 2 is 1.45 bits per heavy atom. The van der Waals surface area contributed by atoms with E-state index in [0.29, 0.717) is 6.04 Å². The molecule has 0 amide bonds. The molecule has 1 aromatic rings. The lowest BCUT2D eigenvalue weighted by molar-refractivity contribution is 0.331. The van der Waals surface area contributed by atoms with Gasteiger partial charge in [-0.05, 0) is 51.4 Å². The molecule has 2 unspecified atom stereocenters. The number of hydrogen-bond donors (Lipinski definition) is 4. The van der Waals surface area contributed by atoms with Crippen molar-refractivity contribution in [1.82, 2.24) is 0 Å². The van der Waals surface area contributed by atoms with Crippen molar-refractivity contribution in [3.63, 3.8) is 0 Å². The molecule has 0 heterocycles. The Bertz CT molecular complexity index is 284.